The molecular formula is C26H27ClN4O2S. The van der Waals surface area contributed by atoms with Gasteiger partial charge in [0.25, 0.3) is 0 Å². The molecular weight excluding hydrogens is 468 g/mol. The predicted octanol–water partition coefficient (Wildman–Crippen LogP) is 6.58. The summed E-state index contributed by atoms with van der Waals surface area (Å²) in [7, 11) is 0. The molecule has 0 spiro atoms. The first-order chi connectivity index (χ1) is 16.2. The summed E-state index contributed by atoms with van der Waals surface area (Å²) in [6, 6.07) is 17.6. The molecule has 176 valence electrons. The number of halogens is 1. The Morgan fingerprint density at radius 1 is 1.12 bits per heavy atom. The first kappa shape index (κ1) is 24.1. The Balaban J connectivity index is 1.55. The molecule has 2 heterocycles. The Morgan fingerprint density at radius 2 is 1.88 bits per heavy atom. The monoisotopic (exact) mass is 494 g/mol. The number of amides is 1. The van der Waals surface area contributed by atoms with E-state index in [0.717, 1.165) is 22.7 Å². The van der Waals surface area contributed by atoms with Crippen LogP contribution in [0.15, 0.2) is 70.4 Å². The standard InChI is InChI=1S/C26H27ClN4O2S/c1-17-7-12-20(27)14-22(17)28-23(32)16-34-25-30-29-24(31(25)15-21-6-5-13-33-21)18-8-10-19(11-9-18)26(2,3)4/h5-14H,15-16H2,1-4H3,(H,28,32). The van der Waals surface area contributed by atoms with Crippen LogP contribution in [0, 0.1) is 6.92 Å². The normalized spacial score (nSPS) is 11.6. The van der Waals surface area contributed by atoms with Crippen LogP contribution in [-0.2, 0) is 16.8 Å². The summed E-state index contributed by atoms with van der Waals surface area (Å²) in [6.45, 7) is 8.95. The summed E-state index contributed by atoms with van der Waals surface area (Å²) in [5.74, 6) is 1.56. The van der Waals surface area contributed by atoms with Crippen molar-refractivity contribution in [3.05, 3.63) is 82.8 Å². The van der Waals surface area contributed by atoms with Gasteiger partial charge in [-0.1, -0.05) is 74.5 Å². The van der Waals surface area contributed by atoms with Crippen LogP contribution >= 0.6 is 23.4 Å². The van der Waals surface area contributed by atoms with Crippen molar-refractivity contribution in [3.63, 3.8) is 0 Å². The molecule has 0 bridgehead atoms. The minimum Gasteiger partial charge on any atom is -0.467 e. The SMILES string of the molecule is Cc1ccc(Cl)cc1NC(=O)CSc1nnc(-c2ccc(C(C)(C)C)cc2)n1Cc1ccco1. The molecule has 0 fully saturated rings. The van der Waals surface area contributed by atoms with E-state index in [1.165, 1.54) is 17.3 Å². The van der Waals surface area contributed by atoms with Crippen molar-refractivity contribution in [2.24, 2.45) is 0 Å². The molecule has 1 N–H and O–H groups in total. The van der Waals surface area contributed by atoms with E-state index in [4.69, 9.17) is 16.0 Å². The largest absolute Gasteiger partial charge is 0.467 e. The fourth-order valence-corrected chi connectivity index (χ4v) is 4.38. The molecule has 0 unspecified atom stereocenters. The lowest BCUT2D eigenvalue weighted by Crippen LogP contribution is -2.15. The Morgan fingerprint density at radius 3 is 2.56 bits per heavy atom. The molecule has 0 radical (unpaired) electrons. The van der Waals surface area contributed by atoms with Gasteiger partial charge in [-0.15, -0.1) is 10.2 Å². The number of aromatic nitrogens is 3. The van der Waals surface area contributed by atoms with E-state index in [9.17, 15) is 4.79 Å². The summed E-state index contributed by atoms with van der Waals surface area (Å²) in [5.41, 5.74) is 3.92. The number of thioether (sulfide) groups is 1. The second-order valence-corrected chi connectivity index (χ2v) is 10.5. The van der Waals surface area contributed by atoms with Crippen molar-refractivity contribution in [1.29, 1.82) is 0 Å². The van der Waals surface area contributed by atoms with E-state index in [2.05, 4.69) is 60.6 Å². The summed E-state index contributed by atoms with van der Waals surface area (Å²) in [6.07, 6.45) is 1.64. The highest BCUT2D eigenvalue weighted by Crippen LogP contribution is 2.29. The van der Waals surface area contributed by atoms with E-state index in [-0.39, 0.29) is 17.1 Å². The lowest BCUT2D eigenvalue weighted by Gasteiger charge is -2.19. The predicted molar refractivity (Wildman–Crippen MR) is 138 cm³/mol. The van der Waals surface area contributed by atoms with E-state index in [1.807, 2.05) is 29.7 Å². The van der Waals surface area contributed by atoms with Crippen molar-refractivity contribution in [1.82, 2.24) is 14.8 Å². The maximum atomic E-state index is 12.6. The van der Waals surface area contributed by atoms with Crippen molar-refractivity contribution in [2.45, 2.75) is 44.8 Å². The van der Waals surface area contributed by atoms with Crippen molar-refractivity contribution in [2.75, 3.05) is 11.1 Å². The van der Waals surface area contributed by atoms with Gasteiger partial charge in [0.05, 0.1) is 18.6 Å². The number of nitrogens with zero attached hydrogens (tertiary/aromatic N) is 3. The van der Waals surface area contributed by atoms with Gasteiger partial charge in [0.2, 0.25) is 5.91 Å². The minimum atomic E-state index is -0.140. The van der Waals surface area contributed by atoms with Crippen LogP contribution in [0.3, 0.4) is 0 Å². The molecule has 8 heteroatoms. The molecule has 0 atom stereocenters. The smallest absolute Gasteiger partial charge is 0.234 e. The lowest BCUT2D eigenvalue weighted by molar-refractivity contribution is -0.113. The highest BCUT2D eigenvalue weighted by Gasteiger charge is 2.19. The number of furan rings is 1. The average molecular weight is 495 g/mol. The first-order valence-electron chi connectivity index (χ1n) is 11.0. The number of benzene rings is 2. The minimum absolute atomic E-state index is 0.0656. The fourth-order valence-electron chi connectivity index (χ4n) is 3.47. The fraction of sp³-hybridized carbons (Fsp3) is 0.269. The highest BCUT2D eigenvalue weighted by molar-refractivity contribution is 7.99. The zero-order valence-electron chi connectivity index (χ0n) is 19.6. The molecule has 0 aliphatic carbocycles. The van der Waals surface area contributed by atoms with E-state index in [0.29, 0.717) is 22.4 Å². The van der Waals surface area contributed by atoms with E-state index < -0.39 is 0 Å². The second kappa shape index (κ2) is 10.1. The van der Waals surface area contributed by atoms with Gasteiger partial charge in [-0.3, -0.25) is 9.36 Å². The summed E-state index contributed by atoms with van der Waals surface area (Å²) >= 11 is 7.40. The molecule has 2 aromatic heterocycles. The van der Waals surface area contributed by atoms with Crippen molar-refractivity contribution >= 4 is 35.0 Å². The molecule has 34 heavy (non-hydrogen) atoms. The van der Waals surface area contributed by atoms with Gasteiger partial charge in [0.15, 0.2) is 11.0 Å². The van der Waals surface area contributed by atoms with Crippen molar-refractivity contribution < 1.29 is 9.21 Å². The molecule has 0 saturated heterocycles. The molecule has 4 rings (SSSR count). The molecule has 4 aromatic rings. The Bertz CT molecular complexity index is 1280. The lowest BCUT2D eigenvalue weighted by atomic mass is 9.87. The third-order valence-corrected chi connectivity index (χ3v) is 6.63. The third-order valence-electron chi connectivity index (χ3n) is 5.43. The number of rotatable bonds is 7. The molecule has 0 aliphatic rings. The van der Waals surface area contributed by atoms with Gasteiger partial charge in [-0.25, -0.2) is 0 Å². The van der Waals surface area contributed by atoms with Crippen molar-refractivity contribution in [3.8, 4) is 11.4 Å². The second-order valence-electron chi connectivity index (χ2n) is 9.10. The Kier molecular flexibility index (Phi) is 7.14. The number of carbonyl (C=O) groups excluding carboxylic acids is 1. The highest BCUT2D eigenvalue weighted by atomic mass is 35.5. The van der Waals surface area contributed by atoms with Crippen LogP contribution in [0.25, 0.3) is 11.4 Å². The van der Waals surface area contributed by atoms with Crippen LogP contribution in [0.5, 0.6) is 0 Å². The van der Waals surface area contributed by atoms with Gasteiger partial charge in [0.1, 0.15) is 5.76 Å². The summed E-state index contributed by atoms with van der Waals surface area (Å²) in [5, 5.41) is 13.0. The zero-order valence-corrected chi connectivity index (χ0v) is 21.2. The van der Waals surface area contributed by atoms with Crippen LogP contribution in [0.4, 0.5) is 5.69 Å². The third kappa shape index (κ3) is 5.72. The maximum absolute atomic E-state index is 12.6. The topological polar surface area (TPSA) is 73.0 Å². The van der Waals surface area contributed by atoms with Gasteiger partial charge < -0.3 is 9.73 Å². The number of carbonyl (C=O) groups is 1. The first-order valence-corrected chi connectivity index (χ1v) is 12.3. The molecule has 6 nitrogen and oxygen atoms in total. The molecule has 1 amide bonds. The molecule has 0 saturated carbocycles. The van der Waals surface area contributed by atoms with Crippen LogP contribution in [0.2, 0.25) is 5.02 Å². The van der Waals surface area contributed by atoms with Gasteiger partial charge >= 0.3 is 0 Å². The number of anilines is 1. The maximum Gasteiger partial charge on any atom is 0.234 e. The molecule has 0 aliphatic heterocycles. The van der Waals surface area contributed by atoms with Crippen LogP contribution in [-0.4, -0.2) is 26.4 Å². The quantitative estimate of drug-likeness (QED) is 0.294. The summed E-state index contributed by atoms with van der Waals surface area (Å²) < 4.78 is 7.55. The van der Waals surface area contributed by atoms with E-state index in [1.54, 1.807) is 18.4 Å². The number of hydrogen-bond donors (Lipinski definition) is 1. The van der Waals surface area contributed by atoms with Crippen LogP contribution in [0.1, 0.15) is 37.7 Å². The van der Waals surface area contributed by atoms with Gasteiger partial charge in [-0.2, -0.15) is 0 Å². The van der Waals surface area contributed by atoms with Crippen LogP contribution < -0.4 is 5.32 Å². The van der Waals surface area contributed by atoms with Gasteiger partial charge in [0, 0.05) is 16.3 Å². The van der Waals surface area contributed by atoms with Gasteiger partial charge in [-0.05, 0) is 47.7 Å². The number of hydrogen-bond acceptors (Lipinski definition) is 5. The molecule has 2 aromatic carbocycles. The Labute approximate surface area is 208 Å². The average Bonchev–Trinajstić information content (AvgIpc) is 3.45. The Hall–Kier alpha value is -3.03. The number of nitrogens with one attached hydrogen (secondary N) is 1. The summed E-state index contributed by atoms with van der Waals surface area (Å²) in [4.78, 5) is 12.6. The number of aryl methyl sites for hydroxylation is 1. The van der Waals surface area contributed by atoms with E-state index >= 15 is 0 Å². The zero-order chi connectivity index (χ0) is 24.3.